The topological polar surface area (TPSA) is 76.8 Å². The summed E-state index contributed by atoms with van der Waals surface area (Å²) in [7, 11) is 1.57. The normalized spacial score (nSPS) is 21.6. The maximum atomic E-state index is 12.8. The van der Waals surface area contributed by atoms with Crippen molar-refractivity contribution in [2.45, 2.75) is 64.1 Å². The number of hydrogen-bond donors (Lipinski definition) is 0. The highest BCUT2D eigenvalue weighted by atomic mass is 19.4. The predicted molar refractivity (Wildman–Crippen MR) is 139 cm³/mol. The van der Waals surface area contributed by atoms with Crippen LogP contribution in [0.3, 0.4) is 0 Å². The largest absolute Gasteiger partial charge is 0.465 e. The van der Waals surface area contributed by atoms with Crippen molar-refractivity contribution in [3.8, 4) is 5.88 Å². The Kier molecular flexibility index (Phi) is 9.02. The molecular weight excluding hydrogens is 497 g/mol. The molecule has 4 rings (SSSR count). The van der Waals surface area contributed by atoms with Crippen molar-refractivity contribution in [1.82, 2.24) is 14.5 Å². The van der Waals surface area contributed by atoms with Gasteiger partial charge in [0.25, 0.3) is 11.5 Å². The van der Waals surface area contributed by atoms with E-state index >= 15 is 0 Å². The molecule has 0 aromatic carbocycles. The zero-order valence-corrected chi connectivity index (χ0v) is 21.9. The van der Waals surface area contributed by atoms with Gasteiger partial charge in [0.2, 0.25) is 5.88 Å². The zero-order valence-electron chi connectivity index (χ0n) is 21.9. The Morgan fingerprint density at radius 2 is 1.89 bits per heavy atom. The minimum absolute atomic E-state index is 0.0248. The smallest absolute Gasteiger partial charge is 0.425 e. The van der Waals surface area contributed by atoms with Crippen LogP contribution < -0.4 is 10.3 Å². The van der Waals surface area contributed by atoms with E-state index in [9.17, 15) is 22.8 Å². The average molecular weight is 533 g/mol. The summed E-state index contributed by atoms with van der Waals surface area (Å²) in [5, 5.41) is 0. The third-order valence-electron chi connectivity index (χ3n) is 7.72. The van der Waals surface area contributed by atoms with Crippen molar-refractivity contribution in [1.29, 1.82) is 0 Å². The summed E-state index contributed by atoms with van der Waals surface area (Å²) in [6, 6.07) is 7.97. The van der Waals surface area contributed by atoms with Gasteiger partial charge in [0.05, 0.1) is 0 Å². The summed E-state index contributed by atoms with van der Waals surface area (Å²) in [4.78, 5) is 35.0. The van der Waals surface area contributed by atoms with Gasteiger partial charge in [-0.25, -0.2) is 9.98 Å². The molecule has 1 aliphatic carbocycles. The van der Waals surface area contributed by atoms with Gasteiger partial charge in [0, 0.05) is 50.6 Å². The van der Waals surface area contributed by atoms with Crippen LogP contribution in [0, 0.1) is 11.8 Å². The summed E-state index contributed by atoms with van der Waals surface area (Å²) < 4.78 is 44.8. The molecule has 1 fully saturated rings. The van der Waals surface area contributed by atoms with Crippen LogP contribution in [0.1, 0.15) is 60.8 Å². The Balaban J connectivity index is 1.21. The van der Waals surface area contributed by atoms with Crippen molar-refractivity contribution >= 4 is 12.1 Å². The van der Waals surface area contributed by atoms with E-state index in [0.717, 1.165) is 76.3 Å². The number of halogens is 3. The molecule has 0 N–H and O–H groups in total. The molecule has 0 bridgehead atoms. The predicted octanol–water partition coefficient (Wildman–Crippen LogP) is 4.62. The second-order valence-corrected chi connectivity index (χ2v) is 10.4. The van der Waals surface area contributed by atoms with E-state index in [4.69, 9.17) is 4.74 Å². The number of fused-ring (bicyclic) bond motifs is 1. The van der Waals surface area contributed by atoms with E-state index in [1.807, 2.05) is 6.07 Å². The molecule has 1 aliphatic heterocycles. The fourth-order valence-corrected chi connectivity index (χ4v) is 5.15. The van der Waals surface area contributed by atoms with Crippen LogP contribution >= 0.6 is 0 Å². The van der Waals surface area contributed by atoms with Crippen LogP contribution in [0.25, 0.3) is 0 Å². The minimum Gasteiger partial charge on any atom is -0.465 e. The van der Waals surface area contributed by atoms with E-state index in [1.54, 1.807) is 25.4 Å². The molecule has 0 spiro atoms. The number of ether oxygens (including phenoxy) is 1. The molecule has 2 aromatic heterocycles. The zero-order chi connectivity index (χ0) is 27.3. The van der Waals surface area contributed by atoms with Gasteiger partial charge in [0.15, 0.2) is 6.10 Å². The fourth-order valence-electron chi connectivity index (χ4n) is 5.15. The molecule has 2 aliphatic rings. The Morgan fingerprint density at radius 1 is 1.16 bits per heavy atom. The molecule has 0 radical (unpaired) electrons. The van der Waals surface area contributed by atoms with Crippen LogP contribution in [-0.2, 0) is 19.9 Å². The number of carbonyl (C=O) groups excluding carboxylic acids is 1. The van der Waals surface area contributed by atoms with Crippen LogP contribution in [0.2, 0.25) is 0 Å². The molecule has 0 unspecified atom stereocenters. The maximum absolute atomic E-state index is 12.8. The van der Waals surface area contributed by atoms with Gasteiger partial charge in [0.1, 0.15) is 5.69 Å². The van der Waals surface area contributed by atoms with Gasteiger partial charge in [-0.05, 0) is 75.5 Å². The van der Waals surface area contributed by atoms with Crippen LogP contribution in [0.15, 0.2) is 40.1 Å². The van der Waals surface area contributed by atoms with Gasteiger partial charge in [-0.3, -0.25) is 9.59 Å². The molecule has 206 valence electrons. The molecule has 1 atom stereocenters. The van der Waals surface area contributed by atoms with Crippen LogP contribution in [0.4, 0.5) is 13.2 Å². The van der Waals surface area contributed by atoms with Crippen molar-refractivity contribution in [3.63, 3.8) is 0 Å². The number of carbonyl (C=O) groups is 1. The van der Waals surface area contributed by atoms with Crippen LogP contribution in [-0.4, -0.2) is 58.5 Å². The van der Waals surface area contributed by atoms with E-state index < -0.39 is 18.2 Å². The summed E-state index contributed by atoms with van der Waals surface area (Å²) >= 11 is 0. The summed E-state index contributed by atoms with van der Waals surface area (Å²) in [5.74, 6) is 0.526. The number of hydrogen-bond acceptors (Lipinski definition) is 5. The second-order valence-electron chi connectivity index (χ2n) is 10.4. The highest BCUT2D eigenvalue weighted by Crippen LogP contribution is 2.31. The van der Waals surface area contributed by atoms with E-state index in [0.29, 0.717) is 12.3 Å². The third kappa shape index (κ3) is 7.30. The lowest BCUT2D eigenvalue weighted by molar-refractivity contribution is -0.190. The highest BCUT2D eigenvalue weighted by molar-refractivity contribution is 5.97. The molecule has 0 saturated heterocycles. The lowest BCUT2D eigenvalue weighted by Gasteiger charge is -2.28. The SMILES string of the molecule is C[C@@H](Oc1ccc2c(n1)CCN(CCC1CCC(C=NC(=O)c3cccc(=O)n3C)CC1)CC2)C(F)(F)F. The first kappa shape index (κ1) is 28.0. The second kappa shape index (κ2) is 12.2. The Bertz CT molecular complexity index is 1200. The Morgan fingerprint density at radius 3 is 2.63 bits per heavy atom. The van der Waals surface area contributed by atoms with E-state index in [1.165, 1.54) is 16.7 Å². The molecule has 1 amide bonds. The van der Waals surface area contributed by atoms with Crippen molar-refractivity contribution in [3.05, 3.63) is 57.6 Å². The minimum atomic E-state index is -4.42. The molecule has 2 aromatic rings. The van der Waals surface area contributed by atoms with Gasteiger partial charge < -0.3 is 14.2 Å². The molecule has 1 saturated carbocycles. The Labute approximate surface area is 220 Å². The van der Waals surface area contributed by atoms with Gasteiger partial charge >= 0.3 is 6.18 Å². The quantitative estimate of drug-likeness (QED) is 0.487. The van der Waals surface area contributed by atoms with Crippen molar-refractivity contribution in [2.75, 3.05) is 19.6 Å². The highest BCUT2D eigenvalue weighted by Gasteiger charge is 2.38. The van der Waals surface area contributed by atoms with Crippen molar-refractivity contribution < 1.29 is 22.7 Å². The lowest BCUT2D eigenvalue weighted by Crippen LogP contribution is -2.31. The third-order valence-corrected chi connectivity index (χ3v) is 7.72. The van der Waals surface area contributed by atoms with E-state index in [2.05, 4.69) is 14.9 Å². The lowest BCUT2D eigenvalue weighted by atomic mass is 9.81. The first-order chi connectivity index (χ1) is 18.1. The number of amides is 1. The summed E-state index contributed by atoms with van der Waals surface area (Å²) in [5.41, 5.74) is 1.95. The van der Waals surface area contributed by atoms with Gasteiger partial charge in [-0.15, -0.1) is 0 Å². The number of aliphatic imine (C=N–C) groups is 1. The first-order valence-electron chi connectivity index (χ1n) is 13.3. The van der Waals surface area contributed by atoms with Crippen LogP contribution in [0.5, 0.6) is 5.88 Å². The number of rotatable bonds is 7. The first-order valence-corrected chi connectivity index (χ1v) is 13.3. The summed E-state index contributed by atoms with van der Waals surface area (Å²) in [6.07, 6.45) is 2.20. The molecule has 3 heterocycles. The van der Waals surface area contributed by atoms with Gasteiger partial charge in [-0.2, -0.15) is 13.2 Å². The Hall–Kier alpha value is -3.01. The fraction of sp³-hybridized carbons (Fsp3) is 0.571. The number of aromatic nitrogens is 2. The standard InChI is InChI=1S/C28H35F3N4O3/c1-19(28(29,30)31)38-25-11-10-22-13-16-35(17-14-23(22)33-25)15-12-20-6-8-21(9-7-20)18-32-27(37)24-4-3-5-26(36)34(24)2/h3-5,10-11,18-21H,6-9,12-17H2,1-2H3/t19-,20?,21?/m1/s1. The molecular formula is C28H35F3N4O3. The average Bonchev–Trinajstić information content (AvgIpc) is 3.09. The number of pyridine rings is 2. The van der Waals surface area contributed by atoms with Gasteiger partial charge in [-0.1, -0.05) is 12.1 Å². The molecule has 38 heavy (non-hydrogen) atoms. The van der Waals surface area contributed by atoms with Crippen molar-refractivity contribution in [2.24, 2.45) is 23.9 Å². The summed E-state index contributed by atoms with van der Waals surface area (Å²) in [6.45, 7) is 3.70. The monoisotopic (exact) mass is 532 g/mol. The molecule has 7 nitrogen and oxygen atoms in total. The number of nitrogens with zero attached hydrogens (tertiary/aromatic N) is 4. The van der Waals surface area contributed by atoms with E-state index in [-0.39, 0.29) is 23.1 Å². The maximum Gasteiger partial charge on any atom is 0.425 e. The number of alkyl halides is 3. The molecule has 10 heteroatoms.